The summed E-state index contributed by atoms with van der Waals surface area (Å²) in [6.45, 7) is 5.59. The van der Waals surface area contributed by atoms with Crippen molar-refractivity contribution in [3.63, 3.8) is 0 Å². The van der Waals surface area contributed by atoms with Crippen LogP contribution in [0.1, 0.15) is 31.9 Å². The lowest BCUT2D eigenvalue weighted by Gasteiger charge is -2.20. The number of hydrogen-bond donors (Lipinski definition) is 0. The molecule has 0 aliphatic heterocycles. The number of imidazole rings is 1. The van der Waals surface area contributed by atoms with Gasteiger partial charge in [-0.15, -0.1) is 0 Å². The van der Waals surface area contributed by atoms with E-state index in [1.165, 1.54) is 22.3 Å². The fourth-order valence-electron chi connectivity index (χ4n) is 3.22. The molecule has 0 spiro atoms. The average Bonchev–Trinajstić information content (AvgIpc) is 2.85. The molecule has 0 aliphatic carbocycles. The highest BCUT2D eigenvalue weighted by atomic mass is 35.5. The Morgan fingerprint density at radius 2 is 1.71 bits per heavy atom. The highest BCUT2D eigenvalue weighted by molar-refractivity contribution is 6.32. The normalized spacial score (nSPS) is 12.6. The van der Waals surface area contributed by atoms with E-state index in [4.69, 9.17) is 16.3 Å². The first kappa shape index (κ1) is 20.3. The average molecular weight is 413 g/mol. The van der Waals surface area contributed by atoms with Crippen LogP contribution in [0.2, 0.25) is 5.02 Å². The van der Waals surface area contributed by atoms with Crippen LogP contribution in [0, 0.1) is 0 Å². The van der Waals surface area contributed by atoms with Crippen LogP contribution in [-0.4, -0.2) is 16.2 Å². The van der Waals surface area contributed by atoms with Crippen LogP contribution in [0.4, 0.5) is 13.2 Å². The van der Waals surface area contributed by atoms with Crippen LogP contribution in [0.15, 0.2) is 41.2 Å². The van der Waals surface area contributed by atoms with E-state index in [-0.39, 0.29) is 17.8 Å². The number of nitrogens with zero attached hydrogens (tertiary/aromatic N) is 2. The van der Waals surface area contributed by atoms with Gasteiger partial charge in [-0.25, -0.2) is 4.79 Å². The van der Waals surface area contributed by atoms with Gasteiger partial charge in [-0.05, 0) is 56.7 Å². The minimum atomic E-state index is -4.50. The van der Waals surface area contributed by atoms with Crippen LogP contribution in [0.25, 0.3) is 11.0 Å². The van der Waals surface area contributed by atoms with Crippen molar-refractivity contribution in [1.29, 1.82) is 0 Å². The van der Waals surface area contributed by atoms with E-state index < -0.39 is 17.3 Å². The first-order chi connectivity index (χ1) is 12.9. The maximum atomic E-state index is 13.2. The van der Waals surface area contributed by atoms with Gasteiger partial charge in [-0.3, -0.25) is 9.13 Å². The molecule has 1 heterocycles. The molecule has 0 unspecified atom stereocenters. The topological polar surface area (TPSA) is 36.2 Å². The smallest absolute Gasteiger partial charge is 0.416 e. The van der Waals surface area contributed by atoms with Gasteiger partial charge in [0.15, 0.2) is 0 Å². The molecule has 1 aromatic heterocycles. The van der Waals surface area contributed by atoms with E-state index in [0.717, 1.165) is 12.1 Å². The minimum absolute atomic E-state index is 0.0867. The Labute approximate surface area is 165 Å². The fourth-order valence-corrected chi connectivity index (χ4v) is 3.50. The number of alkyl halides is 3. The number of benzene rings is 2. The Balaban J connectivity index is 2.24. The lowest BCUT2D eigenvalue weighted by Crippen LogP contribution is -2.34. The summed E-state index contributed by atoms with van der Waals surface area (Å²) in [4.78, 5) is 13.1. The summed E-state index contributed by atoms with van der Waals surface area (Å²) in [5, 5.41) is 0.364. The van der Waals surface area contributed by atoms with Gasteiger partial charge in [0, 0.05) is 5.54 Å². The third-order valence-corrected chi connectivity index (χ3v) is 4.78. The zero-order valence-electron chi connectivity index (χ0n) is 15.9. The largest absolute Gasteiger partial charge is 0.495 e. The first-order valence-corrected chi connectivity index (χ1v) is 8.96. The van der Waals surface area contributed by atoms with Crippen molar-refractivity contribution in [3.05, 3.63) is 63.0 Å². The van der Waals surface area contributed by atoms with Gasteiger partial charge in [0.1, 0.15) is 5.75 Å². The maximum absolute atomic E-state index is 13.2. The molecule has 0 fully saturated rings. The molecule has 8 heteroatoms. The Morgan fingerprint density at radius 3 is 2.25 bits per heavy atom. The molecule has 0 saturated heterocycles. The van der Waals surface area contributed by atoms with Crippen molar-refractivity contribution in [1.82, 2.24) is 9.13 Å². The van der Waals surface area contributed by atoms with Gasteiger partial charge in [-0.2, -0.15) is 13.2 Å². The van der Waals surface area contributed by atoms with Crippen LogP contribution in [0.3, 0.4) is 0 Å². The standard InChI is InChI=1S/C20H20ClF3N2O2/c1-19(2,3)26-15-7-6-13(20(22,23)24)10-16(15)25(18(26)27)11-12-5-8-17(28-4)14(21)9-12/h5-10H,11H2,1-4H3. The molecule has 0 aliphatic rings. The monoisotopic (exact) mass is 412 g/mol. The third kappa shape index (κ3) is 3.63. The molecule has 3 rings (SSSR count). The van der Waals surface area contributed by atoms with Gasteiger partial charge in [0.05, 0.1) is 35.3 Å². The summed E-state index contributed by atoms with van der Waals surface area (Å²) in [5.74, 6) is 0.481. The van der Waals surface area contributed by atoms with Gasteiger partial charge in [0.25, 0.3) is 0 Å². The molecular weight excluding hydrogens is 393 g/mol. The number of aromatic nitrogens is 2. The van der Waals surface area contributed by atoms with E-state index in [2.05, 4.69) is 0 Å². The molecule has 0 bridgehead atoms. The van der Waals surface area contributed by atoms with Crippen LogP contribution in [0.5, 0.6) is 5.75 Å². The number of ether oxygens (including phenoxy) is 1. The second kappa shape index (κ2) is 6.88. The second-order valence-corrected chi connectivity index (χ2v) is 7.95. The Morgan fingerprint density at radius 1 is 1.04 bits per heavy atom. The van der Waals surface area contributed by atoms with Gasteiger partial charge in [-0.1, -0.05) is 17.7 Å². The van der Waals surface area contributed by atoms with Gasteiger partial charge < -0.3 is 4.74 Å². The zero-order valence-corrected chi connectivity index (χ0v) is 16.6. The van der Waals surface area contributed by atoms with Crippen LogP contribution < -0.4 is 10.4 Å². The van der Waals surface area contributed by atoms with E-state index in [1.54, 1.807) is 18.2 Å². The summed E-state index contributed by atoms with van der Waals surface area (Å²) in [6.07, 6.45) is -4.50. The summed E-state index contributed by atoms with van der Waals surface area (Å²) >= 11 is 6.15. The fraction of sp³-hybridized carbons (Fsp3) is 0.350. The minimum Gasteiger partial charge on any atom is -0.495 e. The van der Waals surface area contributed by atoms with Crippen LogP contribution >= 0.6 is 11.6 Å². The number of fused-ring (bicyclic) bond motifs is 1. The Bertz CT molecular complexity index is 1090. The SMILES string of the molecule is COc1ccc(Cn2c(=O)n(C(C)(C)C)c3ccc(C(F)(F)F)cc32)cc1Cl. The highest BCUT2D eigenvalue weighted by Gasteiger charge is 2.32. The van der Waals surface area contributed by atoms with Gasteiger partial charge >= 0.3 is 11.9 Å². The number of methoxy groups -OCH3 is 1. The molecule has 0 saturated carbocycles. The summed E-state index contributed by atoms with van der Waals surface area (Å²) < 4.78 is 47.6. The first-order valence-electron chi connectivity index (χ1n) is 8.59. The molecule has 0 radical (unpaired) electrons. The van der Waals surface area contributed by atoms with Crippen molar-refractivity contribution in [3.8, 4) is 5.75 Å². The third-order valence-electron chi connectivity index (χ3n) is 4.48. The molecule has 150 valence electrons. The van der Waals surface area contributed by atoms with E-state index in [1.807, 2.05) is 20.8 Å². The second-order valence-electron chi connectivity index (χ2n) is 7.55. The van der Waals surface area contributed by atoms with Crippen molar-refractivity contribution in [2.75, 3.05) is 7.11 Å². The number of rotatable bonds is 3. The van der Waals surface area contributed by atoms with Crippen molar-refractivity contribution in [2.45, 2.75) is 39.0 Å². The molecule has 3 aromatic rings. The molecule has 0 atom stereocenters. The molecule has 2 aromatic carbocycles. The summed E-state index contributed by atoms with van der Waals surface area (Å²) in [7, 11) is 1.49. The highest BCUT2D eigenvalue weighted by Crippen LogP contribution is 2.33. The maximum Gasteiger partial charge on any atom is 0.416 e. The Hall–Kier alpha value is -2.41. The predicted octanol–water partition coefficient (Wildman–Crippen LogP) is 5.29. The summed E-state index contributed by atoms with van der Waals surface area (Å²) in [6, 6.07) is 8.39. The van der Waals surface area contributed by atoms with E-state index in [9.17, 15) is 18.0 Å². The molecule has 0 amide bonds. The zero-order chi connectivity index (χ0) is 20.9. The number of halogens is 4. The Kier molecular flexibility index (Phi) is 5.00. The van der Waals surface area contributed by atoms with Crippen LogP contribution in [-0.2, 0) is 18.3 Å². The van der Waals surface area contributed by atoms with Gasteiger partial charge in [0.2, 0.25) is 0 Å². The van der Waals surface area contributed by atoms with E-state index >= 15 is 0 Å². The lowest BCUT2D eigenvalue weighted by molar-refractivity contribution is -0.137. The molecular formula is C20H20ClF3N2O2. The summed E-state index contributed by atoms with van der Waals surface area (Å²) in [5.41, 5.74) is -0.427. The predicted molar refractivity (Wildman–Crippen MR) is 103 cm³/mol. The van der Waals surface area contributed by atoms with Crippen molar-refractivity contribution in [2.24, 2.45) is 0 Å². The lowest BCUT2D eigenvalue weighted by atomic mass is 10.1. The molecule has 28 heavy (non-hydrogen) atoms. The molecule has 4 nitrogen and oxygen atoms in total. The number of hydrogen-bond acceptors (Lipinski definition) is 2. The van der Waals surface area contributed by atoms with E-state index in [0.29, 0.717) is 21.9 Å². The molecule has 0 N–H and O–H groups in total. The van der Waals surface area contributed by atoms with Crippen molar-refractivity contribution >= 4 is 22.6 Å². The van der Waals surface area contributed by atoms with Crippen molar-refractivity contribution < 1.29 is 17.9 Å². The quantitative estimate of drug-likeness (QED) is 0.586.